The van der Waals surface area contributed by atoms with E-state index in [1.165, 1.54) is 10.8 Å². The number of allylic oxidation sites excluding steroid dienone is 1. The summed E-state index contributed by atoms with van der Waals surface area (Å²) < 4.78 is 16.7. The molecule has 2 nitrogen and oxygen atoms in total. The fourth-order valence-electron chi connectivity index (χ4n) is 2.58. The Balaban J connectivity index is 2.04. The van der Waals surface area contributed by atoms with E-state index in [-0.39, 0.29) is 0 Å². The highest BCUT2D eigenvalue weighted by Gasteiger charge is 2.19. The zero-order valence-electron chi connectivity index (χ0n) is 15.3. The van der Waals surface area contributed by atoms with E-state index in [4.69, 9.17) is 0 Å². The van der Waals surface area contributed by atoms with Gasteiger partial charge in [-0.3, -0.25) is 0 Å². The van der Waals surface area contributed by atoms with Crippen molar-refractivity contribution >= 4 is 33.5 Å². The van der Waals surface area contributed by atoms with Crippen LogP contribution in [-0.4, -0.2) is 14.7 Å². The minimum atomic E-state index is -1.32. The number of nitrogens with zero attached hydrogens (tertiary/aromatic N) is 1. The molecule has 0 amide bonds. The Hall–Kier alpha value is -2.52. The molecule has 0 radical (unpaired) electrons. The van der Waals surface area contributed by atoms with Crippen molar-refractivity contribution in [3.8, 4) is 0 Å². The minimum absolute atomic E-state index is 0.396. The van der Waals surface area contributed by atoms with Gasteiger partial charge < -0.3 is 0 Å². The number of benzene rings is 3. The van der Waals surface area contributed by atoms with Crippen molar-refractivity contribution in [2.45, 2.75) is 25.5 Å². The van der Waals surface area contributed by atoms with Gasteiger partial charge in [0, 0.05) is 5.56 Å². The van der Waals surface area contributed by atoms with E-state index < -0.39 is 15.7 Å². The Morgan fingerprint density at radius 2 is 1.54 bits per heavy atom. The molecule has 132 valence electrons. The van der Waals surface area contributed by atoms with Crippen LogP contribution in [0, 0.1) is 0 Å². The Morgan fingerprint density at radius 3 is 2.27 bits per heavy atom. The van der Waals surface area contributed by atoms with Gasteiger partial charge >= 0.3 is 0 Å². The molecule has 3 rings (SSSR count). The molecule has 3 heteroatoms. The largest absolute Gasteiger partial charge is 0.234 e. The predicted molar refractivity (Wildman–Crippen MR) is 114 cm³/mol. The zero-order valence-corrected chi connectivity index (χ0v) is 16.2. The summed E-state index contributed by atoms with van der Waals surface area (Å²) in [4.78, 5) is 0. The van der Waals surface area contributed by atoms with Crippen LogP contribution < -0.4 is 0 Å². The summed E-state index contributed by atoms with van der Waals surface area (Å²) in [6, 6.07) is 24.4. The highest BCUT2D eigenvalue weighted by molar-refractivity contribution is 7.85. The van der Waals surface area contributed by atoms with Gasteiger partial charge in [-0.2, -0.15) is 4.40 Å². The lowest BCUT2D eigenvalue weighted by atomic mass is 10.0. The first-order valence-corrected chi connectivity index (χ1v) is 9.78. The predicted octanol–water partition coefficient (Wildman–Crippen LogP) is 5.80. The highest BCUT2D eigenvalue weighted by atomic mass is 32.2. The molecule has 0 aromatic heterocycles. The lowest BCUT2D eigenvalue weighted by molar-refractivity contribution is 0.650. The smallest absolute Gasteiger partial charge is 0.145 e. The van der Waals surface area contributed by atoms with E-state index in [2.05, 4.69) is 34.7 Å². The molecule has 0 aliphatic carbocycles. The van der Waals surface area contributed by atoms with Crippen molar-refractivity contribution < 1.29 is 4.21 Å². The molecule has 3 aromatic rings. The topological polar surface area (TPSA) is 29.4 Å². The van der Waals surface area contributed by atoms with Crippen molar-refractivity contribution in [1.29, 1.82) is 0 Å². The average molecular weight is 362 g/mol. The third-order valence-corrected chi connectivity index (χ3v) is 5.43. The van der Waals surface area contributed by atoms with Gasteiger partial charge in [0.2, 0.25) is 0 Å². The van der Waals surface area contributed by atoms with E-state index in [9.17, 15) is 4.21 Å². The van der Waals surface area contributed by atoms with Crippen molar-refractivity contribution in [3.05, 3.63) is 90.0 Å². The fraction of sp³-hybridized carbons (Fsp3) is 0.174. The molecule has 0 aliphatic heterocycles. The van der Waals surface area contributed by atoms with Crippen molar-refractivity contribution in [2.75, 3.05) is 0 Å². The summed E-state index contributed by atoms with van der Waals surface area (Å²) in [7, 11) is -1.32. The monoisotopic (exact) mass is 361 g/mol. The maximum Gasteiger partial charge on any atom is 0.145 e. The Kier molecular flexibility index (Phi) is 5.48. The molecule has 0 fully saturated rings. The first kappa shape index (κ1) is 18.3. The summed E-state index contributed by atoms with van der Waals surface area (Å²) in [6.07, 6.45) is 4.01. The quantitative estimate of drug-likeness (QED) is 0.540. The molecular formula is C23H23NOS. The van der Waals surface area contributed by atoms with Crippen molar-refractivity contribution in [2.24, 2.45) is 4.40 Å². The standard InChI is InChI=1S/C23H23NOS/c1-23(2,3)26(25)24-22(20-11-5-4-6-12-20)17-16-19-14-9-13-18-10-7-8-15-21(18)19/h4-17H,1-3H3/b17-16+,24-22-. The van der Waals surface area contributed by atoms with Crippen LogP contribution in [0.5, 0.6) is 0 Å². The van der Waals surface area contributed by atoms with Gasteiger partial charge in [0.1, 0.15) is 11.0 Å². The second-order valence-electron chi connectivity index (χ2n) is 7.11. The van der Waals surface area contributed by atoms with Gasteiger partial charge in [0.25, 0.3) is 0 Å². The third-order valence-electron chi connectivity index (χ3n) is 4.02. The molecule has 0 saturated heterocycles. The number of fused-ring (bicyclic) bond motifs is 1. The summed E-state index contributed by atoms with van der Waals surface area (Å²) in [6.45, 7) is 5.80. The first-order chi connectivity index (χ1) is 12.4. The molecule has 0 aliphatic rings. The summed E-state index contributed by atoms with van der Waals surface area (Å²) in [5.74, 6) is 0. The lowest BCUT2D eigenvalue weighted by Crippen LogP contribution is -2.20. The van der Waals surface area contributed by atoms with Crippen LogP contribution in [0.25, 0.3) is 16.8 Å². The van der Waals surface area contributed by atoms with Gasteiger partial charge in [0.05, 0.1) is 10.5 Å². The summed E-state index contributed by atoms with van der Waals surface area (Å²) in [5.41, 5.74) is 2.81. The molecule has 1 atom stereocenters. The number of rotatable bonds is 4. The number of hydrogen-bond donors (Lipinski definition) is 0. The van der Waals surface area contributed by atoms with Crippen LogP contribution in [-0.2, 0) is 11.0 Å². The van der Waals surface area contributed by atoms with Crippen LogP contribution in [0.4, 0.5) is 0 Å². The van der Waals surface area contributed by atoms with Crippen LogP contribution in [0.1, 0.15) is 31.9 Å². The van der Waals surface area contributed by atoms with Crippen LogP contribution in [0.15, 0.2) is 83.3 Å². The van der Waals surface area contributed by atoms with Gasteiger partial charge in [0.15, 0.2) is 0 Å². The van der Waals surface area contributed by atoms with E-state index >= 15 is 0 Å². The summed E-state index contributed by atoms with van der Waals surface area (Å²) in [5, 5.41) is 2.39. The molecule has 0 saturated carbocycles. The molecule has 0 spiro atoms. The van der Waals surface area contributed by atoms with Gasteiger partial charge in [-0.15, -0.1) is 0 Å². The molecule has 3 aromatic carbocycles. The lowest BCUT2D eigenvalue weighted by Gasteiger charge is -2.14. The van der Waals surface area contributed by atoms with E-state index in [0.29, 0.717) is 0 Å². The Bertz CT molecular complexity index is 977. The Morgan fingerprint density at radius 1 is 0.885 bits per heavy atom. The average Bonchev–Trinajstić information content (AvgIpc) is 2.65. The van der Waals surface area contributed by atoms with Gasteiger partial charge in [-0.1, -0.05) is 78.9 Å². The molecule has 0 bridgehead atoms. The molecule has 0 N–H and O–H groups in total. The minimum Gasteiger partial charge on any atom is -0.234 e. The maximum atomic E-state index is 12.6. The first-order valence-electron chi connectivity index (χ1n) is 8.67. The number of hydrogen-bond acceptors (Lipinski definition) is 1. The molecule has 26 heavy (non-hydrogen) atoms. The Labute approximate surface area is 157 Å². The van der Waals surface area contributed by atoms with Gasteiger partial charge in [-0.05, 0) is 43.2 Å². The second kappa shape index (κ2) is 7.79. The van der Waals surface area contributed by atoms with Crippen molar-refractivity contribution in [1.82, 2.24) is 0 Å². The van der Waals surface area contributed by atoms with Crippen LogP contribution >= 0.6 is 0 Å². The van der Waals surface area contributed by atoms with Crippen molar-refractivity contribution in [3.63, 3.8) is 0 Å². The van der Waals surface area contributed by atoms with Crippen LogP contribution in [0.2, 0.25) is 0 Å². The summed E-state index contributed by atoms with van der Waals surface area (Å²) >= 11 is 0. The normalized spacial score (nSPS) is 14.0. The molecular weight excluding hydrogens is 338 g/mol. The third kappa shape index (κ3) is 4.36. The van der Waals surface area contributed by atoms with E-state index in [0.717, 1.165) is 16.8 Å². The van der Waals surface area contributed by atoms with E-state index in [1.807, 2.05) is 75.4 Å². The van der Waals surface area contributed by atoms with Crippen LogP contribution in [0.3, 0.4) is 0 Å². The second-order valence-corrected chi connectivity index (χ2v) is 9.01. The van der Waals surface area contributed by atoms with E-state index in [1.54, 1.807) is 0 Å². The maximum absolute atomic E-state index is 12.6. The highest BCUT2D eigenvalue weighted by Crippen LogP contribution is 2.20. The van der Waals surface area contributed by atoms with Gasteiger partial charge in [-0.25, -0.2) is 4.21 Å². The zero-order chi connectivity index (χ0) is 18.6. The molecule has 0 heterocycles. The SMILES string of the molecule is CC(C)(C)S(=O)/N=C(/C=C/c1cccc2ccccc12)c1ccccc1. The fourth-order valence-corrected chi connectivity index (χ4v) is 3.20. The molecule has 1 unspecified atom stereocenters.